The molecule has 0 aliphatic carbocycles. The number of carboxylic acid groups (broad SMARTS) is 1. The summed E-state index contributed by atoms with van der Waals surface area (Å²) in [5, 5.41) is 11.9. The summed E-state index contributed by atoms with van der Waals surface area (Å²) in [6.07, 6.45) is 8.25. The van der Waals surface area contributed by atoms with E-state index in [9.17, 15) is 4.79 Å². The Kier molecular flexibility index (Phi) is 7.40. The molecule has 0 bridgehead atoms. The molecule has 3 nitrogen and oxygen atoms in total. The topological polar surface area (TPSA) is 49.3 Å². The maximum atomic E-state index is 10.4. The Morgan fingerprint density at radius 2 is 2.00 bits per heavy atom. The third kappa shape index (κ3) is 7.29. The van der Waals surface area contributed by atoms with Gasteiger partial charge in [0.15, 0.2) is 0 Å². The van der Waals surface area contributed by atoms with Crippen molar-refractivity contribution in [3.8, 4) is 0 Å². The molecule has 0 fully saturated rings. The molecule has 1 rings (SSSR count). The number of aliphatic carboxylic acids is 1. The van der Waals surface area contributed by atoms with E-state index in [2.05, 4.69) is 48.7 Å². The number of allylic oxidation sites excluding steroid dienone is 1. The molecule has 3 heteroatoms. The molecule has 1 aromatic carbocycles. The minimum Gasteiger partial charge on any atom is -0.481 e. The highest BCUT2D eigenvalue weighted by Gasteiger charge is 1.98. The van der Waals surface area contributed by atoms with Crippen LogP contribution in [0.15, 0.2) is 36.4 Å². The molecule has 0 aliphatic rings. The van der Waals surface area contributed by atoms with Gasteiger partial charge in [0.25, 0.3) is 0 Å². The van der Waals surface area contributed by atoms with Crippen molar-refractivity contribution >= 4 is 11.7 Å². The summed E-state index contributed by atoms with van der Waals surface area (Å²) in [6.45, 7) is 3.07. The summed E-state index contributed by atoms with van der Waals surface area (Å²) in [5.74, 6) is -0.724. The summed E-state index contributed by atoms with van der Waals surface area (Å²) in [6, 6.07) is 8.23. The number of rotatable bonds is 9. The van der Waals surface area contributed by atoms with Gasteiger partial charge in [-0.2, -0.15) is 0 Å². The zero-order valence-electron chi connectivity index (χ0n) is 11.6. The van der Waals surface area contributed by atoms with Crippen LogP contribution in [0.2, 0.25) is 0 Å². The van der Waals surface area contributed by atoms with E-state index < -0.39 is 5.97 Å². The van der Waals surface area contributed by atoms with Crippen LogP contribution in [0.25, 0.3) is 0 Å². The number of aryl methyl sites for hydroxylation is 1. The number of carbonyl (C=O) groups is 1. The number of carboxylic acids is 1. The standard InChI is InChI=1S/C16H23NO2/c1-2-3-4-5-13-17-15-11-9-14(10-12-15)7-6-8-16(18)19/h3-4,9-12,17H,2,5-8,13H2,1H3,(H,18,19)/b4-3+. The molecule has 19 heavy (non-hydrogen) atoms. The van der Waals surface area contributed by atoms with Crippen molar-refractivity contribution in [2.24, 2.45) is 0 Å². The number of nitrogens with one attached hydrogen (secondary N) is 1. The van der Waals surface area contributed by atoms with Crippen molar-refractivity contribution in [3.05, 3.63) is 42.0 Å². The van der Waals surface area contributed by atoms with Crippen molar-refractivity contribution in [2.75, 3.05) is 11.9 Å². The molecule has 0 aromatic heterocycles. The molecule has 0 unspecified atom stereocenters. The van der Waals surface area contributed by atoms with E-state index >= 15 is 0 Å². The SMILES string of the molecule is CC/C=C/CCNc1ccc(CCCC(=O)O)cc1. The molecule has 0 saturated carbocycles. The Bertz CT molecular complexity index is 396. The first-order valence-electron chi connectivity index (χ1n) is 6.92. The lowest BCUT2D eigenvalue weighted by molar-refractivity contribution is -0.137. The number of hydrogen-bond acceptors (Lipinski definition) is 2. The maximum Gasteiger partial charge on any atom is 0.303 e. The van der Waals surface area contributed by atoms with Crippen molar-refractivity contribution in [2.45, 2.75) is 39.0 Å². The lowest BCUT2D eigenvalue weighted by Crippen LogP contribution is -2.00. The smallest absolute Gasteiger partial charge is 0.303 e. The van der Waals surface area contributed by atoms with Crippen LogP contribution in [-0.2, 0) is 11.2 Å². The minimum absolute atomic E-state index is 0.240. The monoisotopic (exact) mass is 261 g/mol. The van der Waals surface area contributed by atoms with Gasteiger partial charge in [0.2, 0.25) is 0 Å². The third-order valence-corrected chi connectivity index (χ3v) is 2.85. The van der Waals surface area contributed by atoms with Gasteiger partial charge in [-0.1, -0.05) is 31.2 Å². The molecule has 0 saturated heterocycles. The Balaban J connectivity index is 2.27. The first-order chi connectivity index (χ1) is 9.22. The molecule has 0 atom stereocenters. The Hall–Kier alpha value is -1.77. The van der Waals surface area contributed by atoms with Crippen molar-refractivity contribution in [1.29, 1.82) is 0 Å². The average Bonchev–Trinajstić information content (AvgIpc) is 2.40. The molecule has 0 spiro atoms. The van der Waals surface area contributed by atoms with Crippen LogP contribution in [0.3, 0.4) is 0 Å². The Morgan fingerprint density at radius 1 is 1.26 bits per heavy atom. The second-order valence-electron chi connectivity index (χ2n) is 4.54. The van der Waals surface area contributed by atoms with Gasteiger partial charge in [-0.05, 0) is 43.4 Å². The summed E-state index contributed by atoms with van der Waals surface area (Å²) >= 11 is 0. The Labute approximate surface area is 115 Å². The average molecular weight is 261 g/mol. The van der Waals surface area contributed by atoms with Crippen LogP contribution >= 0.6 is 0 Å². The predicted molar refractivity (Wildman–Crippen MR) is 79.6 cm³/mol. The molecule has 0 radical (unpaired) electrons. The minimum atomic E-state index is -0.724. The van der Waals surface area contributed by atoms with Gasteiger partial charge in [0.05, 0.1) is 0 Å². The van der Waals surface area contributed by atoms with E-state index in [0.29, 0.717) is 6.42 Å². The number of benzene rings is 1. The Morgan fingerprint density at radius 3 is 2.63 bits per heavy atom. The van der Waals surface area contributed by atoms with Crippen molar-refractivity contribution < 1.29 is 9.90 Å². The molecule has 0 heterocycles. The summed E-state index contributed by atoms with van der Waals surface area (Å²) < 4.78 is 0. The second-order valence-corrected chi connectivity index (χ2v) is 4.54. The predicted octanol–water partition coefficient (Wildman–Crippen LogP) is 3.86. The lowest BCUT2D eigenvalue weighted by Gasteiger charge is -2.06. The maximum absolute atomic E-state index is 10.4. The lowest BCUT2D eigenvalue weighted by atomic mass is 10.1. The first kappa shape index (κ1) is 15.3. The normalized spacial score (nSPS) is 10.8. The van der Waals surface area contributed by atoms with E-state index in [4.69, 9.17) is 5.11 Å². The van der Waals surface area contributed by atoms with Crippen LogP contribution in [0.5, 0.6) is 0 Å². The third-order valence-electron chi connectivity index (χ3n) is 2.85. The van der Waals surface area contributed by atoms with Crippen LogP contribution in [0.1, 0.15) is 38.2 Å². The zero-order chi connectivity index (χ0) is 13.9. The van der Waals surface area contributed by atoms with E-state index in [0.717, 1.165) is 31.5 Å². The van der Waals surface area contributed by atoms with E-state index in [1.165, 1.54) is 5.56 Å². The van der Waals surface area contributed by atoms with Gasteiger partial charge in [-0.15, -0.1) is 0 Å². The van der Waals surface area contributed by atoms with Crippen LogP contribution < -0.4 is 5.32 Å². The fourth-order valence-electron chi connectivity index (χ4n) is 1.82. The van der Waals surface area contributed by atoms with E-state index in [1.807, 2.05) is 0 Å². The summed E-state index contributed by atoms with van der Waals surface area (Å²) in [4.78, 5) is 10.4. The van der Waals surface area contributed by atoms with E-state index in [1.54, 1.807) is 0 Å². The van der Waals surface area contributed by atoms with Gasteiger partial charge in [0.1, 0.15) is 0 Å². The quantitative estimate of drug-likeness (QED) is 0.524. The molecule has 0 amide bonds. The molecular weight excluding hydrogens is 238 g/mol. The highest BCUT2D eigenvalue weighted by atomic mass is 16.4. The molecule has 104 valence electrons. The van der Waals surface area contributed by atoms with Crippen LogP contribution in [0.4, 0.5) is 5.69 Å². The fourth-order valence-corrected chi connectivity index (χ4v) is 1.82. The highest BCUT2D eigenvalue weighted by Crippen LogP contribution is 2.11. The molecule has 2 N–H and O–H groups in total. The van der Waals surface area contributed by atoms with Gasteiger partial charge in [-0.25, -0.2) is 0 Å². The summed E-state index contributed by atoms with van der Waals surface area (Å²) in [5.41, 5.74) is 2.31. The van der Waals surface area contributed by atoms with Gasteiger partial charge >= 0.3 is 5.97 Å². The van der Waals surface area contributed by atoms with Gasteiger partial charge < -0.3 is 10.4 Å². The number of hydrogen-bond donors (Lipinski definition) is 2. The second kappa shape index (κ2) is 9.20. The largest absolute Gasteiger partial charge is 0.481 e. The first-order valence-corrected chi connectivity index (χ1v) is 6.92. The fraction of sp³-hybridized carbons (Fsp3) is 0.438. The number of anilines is 1. The zero-order valence-corrected chi connectivity index (χ0v) is 11.6. The van der Waals surface area contributed by atoms with E-state index in [-0.39, 0.29) is 6.42 Å². The molecule has 1 aromatic rings. The summed E-state index contributed by atoms with van der Waals surface area (Å²) in [7, 11) is 0. The van der Waals surface area contributed by atoms with Crippen LogP contribution in [0, 0.1) is 0 Å². The van der Waals surface area contributed by atoms with Crippen molar-refractivity contribution in [1.82, 2.24) is 0 Å². The van der Waals surface area contributed by atoms with Gasteiger partial charge in [-0.3, -0.25) is 4.79 Å². The van der Waals surface area contributed by atoms with Crippen molar-refractivity contribution in [3.63, 3.8) is 0 Å². The highest BCUT2D eigenvalue weighted by molar-refractivity contribution is 5.66. The van der Waals surface area contributed by atoms with Gasteiger partial charge in [0, 0.05) is 18.7 Å². The molecular formula is C16H23NO2. The van der Waals surface area contributed by atoms with Crippen LogP contribution in [-0.4, -0.2) is 17.6 Å². The molecule has 0 aliphatic heterocycles.